The van der Waals surface area contributed by atoms with Crippen molar-refractivity contribution < 1.29 is 27.2 Å². The van der Waals surface area contributed by atoms with Gasteiger partial charge < -0.3 is 10.2 Å². The highest BCUT2D eigenvalue weighted by atomic mass is 19.4. The molecule has 1 N–H and O–H groups in total. The van der Waals surface area contributed by atoms with Crippen molar-refractivity contribution in [2.24, 2.45) is 5.92 Å². The number of alkyl halides is 3. The summed E-state index contributed by atoms with van der Waals surface area (Å²) < 4.78 is 51.2. The molecule has 0 aromatic heterocycles. The number of rotatable bonds is 13. The predicted molar refractivity (Wildman–Crippen MR) is 176 cm³/mol. The number of nitrogens with one attached hydrogen (secondary N) is 1. The van der Waals surface area contributed by atoms with Crippen LogP contribution in [0.4, 0.5) is 17.6 Å². The predicted octanol–water partition coefficient (Wildman–Crippen LogP) is 7.98. The van der Waals surface area contributed by atoms with Crippen LogP contribution >= 0.6 is 0 Å². The van der Waals surface area contributed by atoms with E-state index in [0.717, 1.165) is 48.9 Å². The average Bonchev–Trinajstić information content (AvgIpc) is 2.99. The molecule has 0 spiro atoms. The Morgan fingerprint density at radius 1 is 1.00 bits per heavy atom. The number of aryl methyl sites for hydroxylation is 1. The molecule has 1 atom stereocenters. The van der Waals surface area contributed by atoms with Crippen molar-refractivity contribution in [1.29, 1.82) is 0 Å². The zero-order valence-corrected chi connectivity index (χ0v) is 27.3. The summed E-state index contributed by atoms with van der Waals surface area (Å²) in [5.74, 6) is -0.645. The van der Waals surface area contributed by atoms with Gasteiger partial charge in [-0.3, -0.25) is 9.59 Å². The fourth-order valence-corrected chi connectivity index (χ4v) is 5.38. The molecule has 3 rings (SSSR count). The second-order valence-corrected chi connectivity index (χ2v) is 11.2. The van der Waals surface area contributed by atoms with Gasteiger partial charge in [0.15, 0.2) is 5.78 Å². The van der Waals surface area contributed by atoms with Crippen LogP contribution in [0.3, 0.4) is 0 Å². The van der Waals surface area contributed by atoms with Crippen LogP contribution in [0.5, 0.6) is 0 Å². The van der Waals surface area contributed by atoms with E-state index in [1.54, 1.807) is 19.1 Å². The van der Waals surface area contributed by atoms with Crippen molar-refractivity contribution in [3.8, 4) is 11.1 Å². The molecule has 45 heavy (non-hydrogen) atoms. The Morgan fingerprint density at radius 3 is 2.27 bits per heavy atom. The van der Waals surface area contributed by atoms with E-state index in [1.807, 2.05) is 68.5 Å². The number of carbonyl (C=O) groups excluding carboxylic acids is 2. The van der Waals surface area contributed by atoms with Crippen molar-refractivity contribution in [3.05, 3.63) is 93.1 Å². The van der Waals surface area contributed by atoms with Gasteiger partial charge in [0.25, 0.3) is 5.91 Å². The highest BCUT2D eigenvalue weighted by molar-refractivity contribution is 5.96. The number of hydrogen-bond donors (Lipinski definition) is 1. The van der Waals surface area contributed by atoms with Crippen LogP contribution in [0.2, 0.25) is 0 Å². The molecule has 0 aliphatic rings. The number of halogens is 4. The zero-order valence-electron chi connectivity index (χ0n) is 27.3. The molecule has 3 aromatic rings. The average molecular weight is 627 g/mol. The number of hydrogen-bond acceptors (Lipinski definition) is 3. The first-order valence-corrected chi connectivity index (χ1v) is 15.5. The summed E-state index contributed by atoms with van der Waals surface area (Å²) >= 11 is 0. The zero-order chi connectivity index (χ0) is 33.7. The molecule has 0 fully saturated rings. The van der Waals surface area contributed by atoms with E-state index in [2.05, 4.69) is 13.5 Å². The third-order valence-corrected chi connectivity index (χ3v) is 7.61. The first-order chi connectivity index (χ1) is 21.3. The lowest BCUT2D eigenvalue weighted by atomic mass is 9.94. The lowest BCUT2D eigenvalue weighted by molar-refractivity contribution is -0.123. The van der Waals surface area contributed by atoms with Gasteiger partial charge in [-0.05, 0) is 84.7 Å². The Balaban J connectivity index is 0.00000345. The molecule has 8 heteroatoms. The highest BCUT2D eigenvalue weighted by Gasteiger charge is 2.28. The summed E-state index contributed by atoms with van der Waals surface area (Å²) in [6, 6.07) is 15.2. The molecule has 0 radical (unpaired) electrons. The summed E-state index contributed by atoms with van der Waals surface area (Å²) in [5.41, 5.74) is 4.10. The number of benzene rings is 3. The molecule has 0 saturated heterocycles. The van der Waals surface area contributed by atoms with Crippen LogP contribution < -0.4 is 15.8 Å². The lowest BCUT2D eigenvalue weighted by Gasteiger charge is -2.23. The Hall–Kier alpha value is -3.94. The standard InChI is InChI=1S/C35H40F4N2O2.C2H6/c1-6-8-26(9-7-10-33(42)28-14-12-27(13-15-28)30-18-16-29(36)19-24(30)3)20-41(5)21-32-23(2)11-17-31(25(32)4)34(43)40-22-35(37,38)39;1-2/h11-19,21,26H,2,6-10,20,22H2,1,3-5H3,(H,40,43);1-2H3/b32-21+;. The van der Waals surface area contributed by atoms with Gasteiger partial charge in [-0.1, -0.05) is 70.2 Å². The van der Waals surface area contributed by atoms with E-state index >= 15 is 0 Å². The number of nitrogens with zero attached hydrogens (tertiary/aromatic N) is 1. The van der Waals surface area contributed by atoms with Crippen LogP contribution in [0.25, 0.3) is 23.9 Å². The number of Topliss-reactive ketones (excluding diaryl/α,β-unsaturated/α-hetero) is 1. The van der Waals surface area contributed by atoms with Crippen LogP contribution in [0.15, 0.2) is 54.6 Å². The van der Waals surface area contributed by atoms with Crippen LogP contribution in [0, 0.1) is 25.6 Å². The monoisotopic (exact) mass is 626 g/mol. The molecule has 1 amide bonds. The quantitative estimate of drug-likeness (QED) is 0.155. The molecule has 0 heterocycles. The smallest absolute Gasteiger partial charge is 0.380 e. The first kappa shape index (κ1) is 37.2. The van der Waals surface area contributed by atoms with Crippen LogP contribution in [-0.2, 0) is 0 Å². The molecular formula is C37H46F4N2O2. The maximum absolute atomic E-state index is 13.5. The second kappa shape index (κ2) is 17.5. The maximum Gasteiger partial charge on any atom is 0.405 e. The van der Waals surface area contributed by atoms with E-state index in [9.17, 15) is 27.2 Å². The van der Waals surface area contributed by atoms with Gasteiger partial charge in [-0.15, -0.1) is 0 Å². The SMILES string of the molecule is C=c1ccc(C(=O)NCC(F)(F)F)c(C)/c1=C/N(C)CC(CCC)CCCC(=O)c1ccc(-c2ccc(F)cc2C)cc1.CC. The third-order valence-electron chi connectivity index (χ3n) is 7.61. The molecule has 0 aliphatic heterocycles. The molecule has 3 aromatic carbocycles. The first-order valence-electron chi connectivity index (χ1n) is 15.5. The topological polar surface area (TPSA) is 49.4 Å². The molecule has 1 unspecified atom stereocenters. The van der Waals surface area contributed by atoms with Gasteiger partial charge in [0.1, 0.15) is 12.4 Å². The fourth-order valence-electron chi connectivity index (χ4n) is 5.38. The summed E-state index contributed by atoms with van der Waals surface area (Å²) in [7, 11) is 1.92. The Kier molecular flexibility index (Phi) is 14.5. The van der Waals surface area contributed by atoms with Gasteiger partial charge >= 0.3 is 6.18 Å². The molecular weight excluding hydrogens is 580 g/mol. The highest BCUT2D eigenvalue weighted by Crippen LogP contribution is 2.25. The summed E-state index contributed by atoms with van der Waals surface area (Å²) in [4.78, 5) is 27.3. The van der Waals surface area contributed by atoms with Gasteiger partial charge in [-0.25, -0.2) is 4.39 Å². The van der Waals surface area contributed by atoms with Crippen molar-refractivity contribution >= 4 is 24.5 Å². The van der Waals surface area contributed by atoms with Gasteiger partial charge in [-0.2, -0.15) is 13.2 Å². The van der Waals surface area contributed by atoms with E-state index < -0.39 is 18.6 Å². The van der Waals surface area contributed by atoms with E-state index in [-0.39, 0.29) is 17.2 Å². The number of amides is 1. The summed E-state index contributed by atoms with van der Waals surface area (Å²) in [6.07, 6.45) is 1.40. The third kappa shape index (κ3) is 11.5. The van der Waals surface area contributed by atoms with E-state index in [0.29, 0.717) is 33.9 Å². The minimum absolute atomic E-state index is 0.0792. The van der Waals surface area contributed by atoms with Crippen molar-refractivity contribution in [1.82, 2.24) is 10.2 Å². The van der Waals surface area contributed by atoms with E-state index in [1.165, 1.54) is 18.2 Å². The molecule has 0 aliphatic carbocycles. The van der Waals surface area contributed by atoms with Crippen molar-refractivity contribution in [3.63, 3.8) is 0 Å². The Labute approximate surface area is 264 Å². The fraction of sp³-hybridized carbons (Fsp3) is 0.405. The van der Waals surface area contributed by atoms with Crippen molar-refractivity contribution in [2.45, 2.75) is 72.9 Å². The van der Waals surface area contributed by atoms with Crippen LogP contribution in [0.1, 0.15) is 84.7 Å². The molecule has 4 nitrogen and oxygen atoms in total. The Bertz CT molecular complexity index is 1530. The van der Waals surface area contributed by atoms with Crippen molar-refractivity contribution in [2.75, 3.05) is 20.1 Å². The van der Waals surface area contributed by atoms with Gasteiger partial charge in [0.05, 0.1) is 0 Å². The second-order valence-electron chi connectivity index (χ2n) is 11.2. The van der Waals surface area contributed by atoms with E-state index in [4.69, 9.17) is 0 Å². The largest absolute Gasteiger partial charge is 0.405 e. The maximum atomic E-state index is 13.5. The van der Waals surface area contributed by atoms with Gasteiger partial charge in [0, 0.05) is 42.6 Å². The van der Waals surface area contributed by atoms with Crippen LogP contribution in [-0.4, -0.2) is 42.9 Å². The lowest BCUT2D eigenvalue weighted by Crippen LogP contribution is -2.37. The number of carbonyl (C=O) groups is 2. The molecule has 0 bridgehead atoms. The molecule has 0 saturated carbocycles. The number of ketones is 1. The minimum Gasteiger partial charge on any atom is -0.380 e. The normalized spacial score (nSPS) is 12.3. The summed E-state index contributed by atoms with van der Waals surface area (Å²) in [5, 5.41) is 3.31. The molecule has 244 valence electrons. The van der Waals surface area contributed by atoms with Gasteiger partial charge in [0.2, 0.25) is 0 Å². The minimum atomic E-state index is -4.49. The Morgan fingerprint density at radius 2 is 1.67 bits per heavy atom. The summed E-state index contributed by atoms with van der Waals surface area (Å²) in [6.45, 7) is 13.1.